The number of aryl methyl sites for hydroxylation is 3. The Hall–Kier alpha value is -1.88. The van der Waals surface area contributed by atoms with Crippen LogP contribution < -0.4 is 10.2 Å². The number of anilines is 1. The molecule has 1 N–H and O–H groups in total. The Morgan fingerprint density at radius 2 is 1.84 bits per heavy atom. The summed E-state index contributed by atoms with van der Waals surface area (Å²) in [5.41, 5.74) is 3.77. The molecule has 0 bridgehead atoms. The van der Waals surface area contributed by atoms with Gasteiger partial charge in [-0.25, -0.2) is 0 Å². The number of nitrogens with one attached hydrogen (secondary N) is 1. The van der Waals surface area contributed by atoms with Crippen LogP contribution >= 0.6 is 11.3 Å². The van der Waals surface area contributed by atoms with Crippen molar-refractivity contribution in [1.29, 1.82) is 0 Å². The second-order valence-corrected chi connectivity index (χ2v) is 5.47. The summed E-state index contributed by atoms with van der Waals surface area (Å²) in [6, 6.07) is 5.87. The lowest BCUT2D eigenvalue weighted by Gasteiger charge is -2.08. The zero-order valence-corrected chi connectivity index (χ0v) is 12.0. The first kappa shape index (κ1) is 13.5. The van der Waals surface area contributed by atoms with Crippen molar-refractivity contribution in [2.24, 2.45) is 0 Å². The average Bonchev–Trinajstić information content (AvgIpc) is 2.59. The van der Waals surface area contributed by atoms with Gasteiger partial charge in [0.2, 0.25) is 5.91 Å². The number of thiazole rings is 1. The summed E-state index contributed by atoms with van der Waals surface area (Å²) in [4.78, 5) is 23.4. The standard InChI is InChI=1S/C14H16N2O2S/c1-9-4-10(2)6-12(5-9)15-13(17)7-16-11(3)8-19-14(16)18/h4-6,8H,7H2,1-3H3,(H,15,17). The minimum absolute atomic E-state index is 0.0567. The molecule has 19 heavy (non-hydrogen) atoms. The van der Waals surface area contributed by atoms with Gasteiger partial charge in [-0.05, 0) is 44.0 Å². The largest absolute Gasteiger partial charge is 0.325 e. The van der Waals surface area contributed by atoms with Gasteiger partial charge in [-0.1, -0.05) is 17.4 Å². The highest BCUT2D eigenvalue weighted by Gasteiger charge is 2.09. The number of carbonyl (C=O) groups is 1. The highest BCUT2D eigenvalue weighted by atomic mass is 32.1. The molecule has 1 heterocycles. The lowest BCUT2D eigenvalue weighted by Crippen LogP contribution is -2.25. The van der Waals surface area contributed by atoms with Crippen molar-refractivity contribution in [3.63, 3.8) is 0 Å². The molecule has 0 aliphatic carbocycles. The molecular formula is C14H16N2O2S. The highest BCUT2D eigenvalue weighted by Crippen LogP contribution is 2.13. The molecule has 0 aliphatic rings. The van der Waals surface area contributed by atoms with E-state index in [1.807, 2.05) is 39.0 Å². The lowest BCUT2D eigenvalue weighted by atomic mass is 10.1. The van der Waals surface area contributed by atoms with E-state index in [4.69, 9.17) is 0 Å². The van der Waals surface area contributed by atoms with E-state index in [9.17, 15) is 9.59 Å². The fourth-order valence-electron chi connectivity index (χ4n) is 1.99. The Kier molecular flexibility index (Phi) is 3.85. The van der Waals surface area contributed by atoms with Gasteiger partial charge < -0.3 is 5.32 Å². The van der Waals surface area contributed by atoms with Crippen molar-refractivity contribution in [2.45, 2.75) is 27.3 Å². The van der Waals surface area contributed by atoms with Gasteiger partial charge in [0, 0.05) is 16.8 Å². The maximum atomic E-state index is 11.9. The zero-order valence-electron chi connectivity index (χ0n) is 11.2. The average molecular weight is 276 g/mol. The van der Waals surface area contributed by atoms with E-state index in [0.717, 1.165) is 33.8 Å². The monoisotopic (exact) mass is 276 g/mol. The molecule has 0 radical (unpaired) electrons. The SMILES string of the molecule is Cc1cc(C)cc(NC(=O)Cn2c(C)csc2=O)c1. The summed E-state index contributed by atoms with van der Waals surface area (Å²) in [6.45, 7) is 5.84. The van der Waals surface area contributed by atoms with Crippen molar-refractivity contribution in [1.82, 2.24) is 4.57 Å². The van der Waals surface area contributed by atoms with Crippen molar-refractivity contribution in [3.05, 3.63) is 50.1 Å². The molecule has 0 saturated carbocycles. The van der Waals surface area contributed by atoms with E-state index in [1.54, 1.807) is 5.38 Å². The summed E-state index contributed by atoms with van der Waals surface area (Å²) in [5.74, 6) is -0.186. The Balaban J connectivity index is 2.12. The molecule has 100 valence electrons. The summed E-state index contributed by atoms with van der Waals surface area (Å²) in [6.07, 6.45) is 0. The molecule has 1 amide bonds. The number of hydrogen-bond acceptors (Lipinski definition) is 3. The van der Waals surface area contributed by atoms with Gasteiger partial charge in [-0.2, -0.15) is 0 Å². The van der Waals surface area contributed by atoms with Crippen LogP contribution in [0.3, 0.4) is 0 Å². The van der Waals surface area contributed by atoms with Gasteiger partial charge in [-0.15, -0.1) is 0 Å². The van der Waals surface area contributed by atoms with E-state index in [-0.39, 0.29) is 17.3 Å². The Labute approximate surface area is 115 Å². The van der Waals surface area contributed by atoms with Gasteiger partial charge in [0.05, 0.1) is 0 Å². The van der Waals surface area contributed by atoms with Crippen LogP contribution in [0, 0.1) is 20.8 Å². The van der Waals surface area contributed by atoms with Crippen molar-refractivity contribution < 1.29 is 4.79 Å². The first-order valence-electron chi connectivity index (χ1n) is 5.99. The molecule has 0 atom stereocenters. The second kappa shape index (κ2) is 5.40. The summed E-state index contributed by atoms with van der Waals surface area (Å²) < 4.78 is 1.47. The predicted octanol–water partition coefficient (Wildman–Crippen LogP) is 2.47. The zero-order chi connectivity index (χ0) is 14.0. The van der Waals surface area contributed by atoms with E-state index in [2.05, 4.69) is 5.32 Å². The van der Waals surface area contributed by atoms with E-state index in [0.29, 0.717) is 0 Å². The molecule has 2 rings (SSSR count). The number of nitrogens with zero attached hydrogens (tertiary/aromatic N) is 1. The Morgan fingerprint density at radius 3 is 2.37 bits per heavy atom. The van der Waals surface area contributed by atoms with Crippen LogP contribution in [0.4, 0.5) is 5.69 Å². The van der Waals surface area contributed by atoms with E-state index >= 15 is 0 Å². The summed E-state index contributed by atoms with van der Waals surface area (Å²) >= 11 is 1.11. The van der Waals surface area contributed by atoms with Gasteiger partial charge >= 0.3 is 4.87 Å². The van der Waals surface area contributed by atoms with Gasteiger partial charge in [0.15, 0.2) is 0 Å². The quantitative estimate of drug-likeness (QED) is 0.936. The predicted molar refractivity (Wildman–Crippen MR) is 77.9 cm³/mol. The normalized spacial score (nSPS) is 10.5. The van der Waals surface area contributed by atoms with Crippen LogP contribution in [0.2, 0.25) is 0 Å². The van der Waals surface area contributed by atoms with E-state index in [1.165, 1.54) is 4.57 Å². The maximum Gasteiger partial charge on any atom is 0.307 e. The Bertz CT molecular complexity index is 650. The smallest absolute Gasteiger partial charge is 0.307 e. The molecule has 0 spiro atoms. The first-order valence-corrected chi connectivity index (χ1v) is 6.87. The molecule has 1 aromatic heterocycles. The molecule has 0 saturated heterocycles. The number of benzene rings is 1. The highest BCUT2D eigenvalue weighted by molar-refractivity contribution is 7.07. The molecule has 0 fully saturated rings. The number of carbonyl (C=O) groups excluding carboxylic acids is 1. The van der Waals surface area contributed by atoms with Crippen molar-refractivity contribution >= 4 is 22.9 Å². The van der Waals surface area contributed by atoms with Crippen molar-refractivity contribution in [2.75, 3.05) is 5.32 Å². The first-order chi connectivity index (χ1) is 8.95. The van der Waals surface area contributed by atoms with Crippen LogP contribution in [0.15, 0.2) is 28.4 Å². The third-order valence-electron chi connectivity index (χ3n) is 2.78. The second-order valence-electron chi connectivity index (χ2n) is 4.65. The molecule has 0 unspecified atom stereocenters. The Morgan fingerprint density at radius 1 is 1.21 bits per heavy atom. The minimum Gasteiger partial charge on any atom is -0.325 e. The molecule has 4 nitrogen and oxygen atoms in total. The molecular weight excluding hydrogens is 260 g/mol. The number of aromatic nitrogens is 1. The van der Waals surface area contributed by atoms with Crippen molar-refractivity contribution in [3.8, 4) is 0 Å². The fraction of sp³-hybridized carbons (Fsp3) is 0.286. The molecule has 2 aromatic rings. The number of hydrogen-bond donors (Lipinski definition) is 1. The number of amides is 1. The lowest BCUT2D eigenvalue weighted by molar-refractivity contribution is -0.116. The third-order valence-corrected chi connectivity index (χ3v) is 3.66. The maximum absolute atomic E-state index is 11.9. The van der Waals surface area contributed by atoms with Crippen LogP contribution in [0.5, 0.6) is 0 Å². The van der Waals surface area contributed by atoms with Crippen LogP contribution in [0.1, 0.15) is 16.8 Å². The summed E-state index contributed by atoms with van der Waals surface area (Å²) in [5, 5.41) is 4.58. The van der Waals surface area contributed by atoms with Crippen LogP contribution in [0.25, 0.3) is 0 Å². The third kappa shape index (κ3) is 3.32. The van der Waals surface area contributed by atoms with E-state index < -0.39 is 0 Å². The number of rotatable bonds is 3. The van der Waals surface area contributed by atoms with Crippen LogP contribution in [-0.4, -0.2) is 10.5 Å². The topological polar surface area (TPSA) is 51.1 Å². The fourth-order valence-corrected chi connectivity index (χ4v) is 2.72. The van der Waals surface area contributed by atoms with Gasteiger partial charge in [0.25, 0.3) is 0 Å². The molecule has 5 heteroatoms. The minimum atomic E-state index is -0.186. The summed E-state index contributed by atoms with van der Waals surface area (Å²) in [7, 11) is 0. The van der Waals surface area contributed by atoms with Gasteiger partial charge in [-0.3, -0.25) is 14.2 Å². The van der Waals surface area contributed by atoms with Crippen LogP contribution in [-0.2, 0) is 11.3 Å². The molecule has 0 aliphatic heterocycles. The van der Waals surface area contributed by atoms with Gasteiger partial charge in [0.1, 0.15) is 6.54 Å². The molecule has 1 aromatic carbocycles.